The predicted molar refractivity (Wildman–Crippen MR) is 126 cm³/mol. The van der Waals surface area contributed by atoms with E-state index in [0.717, 1.165) is 12.1 Å². The first kappa shape index (κ1) is 26.5. The van der Waals surface area contributed by atoms with Crippen LogP contribution >= 0.6 is 23.2 Å². The predicted octanol–water partition coefficient (Wildman–Crippen LogP) is 2.30. The average Bonchev–Trinajstić information content (AvgIpc) is 3.27. The minimum absolute atomic E-state index is 0.0119. The van der Waals surface area contributed by atoms with Crippen LogP contribution in [0, 0.1) is 11.6 Å². The highest BCUT2D eigenvalue weighted by molar-refractivity contribution is 6.42. The minimum atomic E-state index is -3.37. The molecule has 2 heterocycles. The first-order valence-corrected chi connectivity index (χ1v) is 10.8. The van der Waals surface area contributed by atoms with Crippen molar-refractivity contribution in [1.82, 2.24) is 14.5 Å². The van der Waals surface area contributed by atoms with Crippen LogP contribution in [0.2, 0.25) is 10.0 Å². The number of fused-ring (bicyclic) bond motifs is 1. The quantitative estimate of drug-likeness (QED) is 0.177. The maximum absolute atomic E-state index is 13.8. The highest BCUT2D eigenvalue weighted by atomic mass is 35.5. The van der Waals surface area contributed by atoms with Crippen LogP contribution in [0.4, 0.5) is 14.5 Å². The van der Waals surface area contributed by atoms with Crippen molar-refractivity contribution in [2.45, 2.75) is 18.4 Å². The fourth-order valence-electron chi connectivity index (χ4n) is 3.62. The first-order chi connectivity index (χ1) is 16.3. The molecule has 2 aromatic carbocycles. The topological polar surface area (TPSA) is 142 Å². The van der Waals surface area contributed by atoms with Crippen LogP contribution < -0.4 is 11.3 Å². The van der Waals surface area contributed by atoms with E-state index in [1.54, 1.807) is 4.90 Å². The summed E-state index contributed by atoms with van der Waals surface area (Å²) in [5, 5.41) is 27.1. The number of likely N-dealkylation sites (tertiary alicyclic amines) is 1. The van der Waals surface area contributed by atoms with Gasteiger partial charge < -0.3 is 26.0 Å². The second-order valence-corrected chi connectivity index (χ2v) is 8.43. The number of hydrogen-bond acceptors (Lipinski definition) is 7. The number of nitrogen functional groups attached to an aromatic ring is 1. The molecule has 9 nitrogen and oxygen atoms in total. The Bertz CT molecular complexity index is 1360. The molecule has 1 aromatic heterocycles. The van der Waals surface area contributed by atoms with Crippen molar-refractivity contribution in [3.63, 3.8) is 0 Å². The van der Waals surface area contributed by atoms with E-state index in [9.17, 15) is 18.4 Å². The molecule has 1 aliphatic heterocycles. The molecule has 0 saturated carbocycles. The van der Waals surface area contributed by atoms with Crippen molar-refractivity contribution >= 4 is 45.7 Å². The fraction of sp³-hybridized carbons (Fsp3) is 0.227. The van der Waals surface area contributed by atoms with Gasteiger partial charge in [-0.05, 0) is 30.7 Å². The maximum Gasteiger partial charge on any atom is 0.377 e. The summed E-state index contributed by atoms with van der Waals surface area (Å²) in [5.41, 5.74) is 4.42. The number of anilines is 1. The molecule has 1 atom stereocenters. The van der Waals surface area contributed by atoms with E-state index in [4.69, 9.17) is 44.3 Å². The van der Waals surface area contributed by atoms with Crippen molar-refractivity contribution in [3.05, 3.63) is 80.8 Å². The molecule has 186 valence electrons. The third-order valence-electron chi connectivity index (χ3n) is 5.36. The van der Waals surface area contributed by atoms with Gasteiger partial charge in [0.15, 0.2) is 0 Å². The first-order valence-electron chi connectivity index (χ1n) is 10.0. The summed E-state index contributed by atoms with van der Waals surface area (Å²) in [6.45, 7) is 4.47. The molecule has 1 unspecified atom stereocenters. The molecule has 4 rings (SSSR count). The molecule has 1 fully saturated rings. The number of nitrogens with two attached hydrogens (primary N) is 1. The lowest BCUT2D eigenvalue weighted by molar-refractivity contribution is -0.377. The van der Waals surface area contributed by atoms with Crippen molar-refractivity contribution in [2.24, 2.45) is 0 Å². The highest BCUT2D eigenvalue weighted by Gasteiger charge is 2.30. The van der Waals surface area contributed by atoms with Crippen LogP contribution in [0.15, 0.2) is 48.0 Å². The highest BCUT2D eigenvalue weighted by Crippen LogP contribution is 2.37. The number of hydrogen-bond donors (Lipinski definition) is 4. The number of aromatic nitrogens is 2. The van der Waals surface area contributed by atoms with Gasteiger partial charge in [0.1, 0.15) is 18.0 Å². The molecule has 5 N–H and O–H groups in total. The van der Waals surface area contributed by atoms with Crippen molar-refractivity contribution < 1.29 is 28.9 Å². The Morgan fingerprint density at radius 3 is 2.54 bits per heavy atom. The van der Waals surface area contributed by atoms with Crippen molar-refractivity contribution in [2.75, 3.05) is 18.8 Å². The van der Waals surface area contributed by atoms with Crippen LogP contribution in [0.5, 0.6) is 0 Å². The molecule has 1 saturated heterocycles. The Morgan fingerprint density at radius 2 is 1.91 bits per heavy atom. The summed E-state index contributed by atoms with van der Waals surface area (Å²) in [4.78, 5) is 28.4. The number of nitrogens with zero attached hydrogens (tertiary/aromatic N) is 3. The normalized spacial score (nSPS) is 15.6. The number of aliphatic hydroxyl groups is 3. The van der Waals surface area contributed by atoms with Gasteiger partial charge in [0, 0.05) is 30.6 Å². The largest absolute Gasteiger partial charge is 0.396 e. The number of rotatable bonds is 3. The van der Waals surface area contributed by atoms with E-state index in [0.29, 0.717) is 36.4 Å². The standard InChI is InChI=1S/C13H12Cl2FNO.C9H8FN3O4/c1-2-11(18)17-6-5-8(7-17)12-10(16)4-3-9(14)13(12)15;10-5-2-7-4(1-6(5)11)8(14)13(3-12-7)9(15,16)17/h2-4,8H,1,5-7H2;1-3,15-17H,11H2. The monoisotopic (exact) mass is 528 g/mol. The molecule has 13 heteroatoms. The van der Waals surface area contributed by atoms with Gasteiger partial charge in [-0.2, -0.15) is 0 Å². The summed E-state index contributed by atoms with van der Waals surface area (Å²) in [6, 6.07) is 4.68. The molecular formula is C22H20Cl2F2N4O5. The van der Waals surface area contributed by atoms with Crippen LogP contribution in [0.3, 0.4) is 0 Å². The van der Waals surface area contributed by atoms with Gasteiger partial charge in [-0.15, -0.1) is 0 Å². The Hall–Kier alpha value is -3.09. The molecule has 0 bridgehead atoms. The van der Waals surface area contributed by atoms with E-state index in [1.165, 1.54) is 18.2 Å². The fourth-order valence-corrected chi connectivity index (χ4v) is 4.09. The lowest BCUT2D eigenvalue weighted by atomic mass is 9.98. The second kappa shape index (κ2) is 10.3. The summed E-state index contributed by atoms with van der Waals surface area (Å²) in [7, 11) is 0. The number of benzene rings is 2. The van der Waals surface area contributed by atoms with Crippen LogP contribution in [-0.2, 0) is 10.9 Å². The molecule has 1 aliphatic rings. The van der Waals surface area contributed by atoms with Gasteiger partial charge in [0.25, 0.3) is 5.56 Å². The maximum atomic E-state index is 13.8. The van der Waals surface area contributed by atoms with Crippen molar-refractivity contribution in [3.8, 4) is 0 Å². The molecular weight excluding hydrogens is 509 g/mol. The van der Waals surface area contributed by atoms with E-state index in [1.807, 2.05) is 0 Å². The minimum Gasteiger partial charge on any atom is -0.396 e. The second-order valence-electron chi connectivity index (χ2n) is 7.64. The van der Waals surface area contributed by atoms with Crippen LogP contribution in [0.1, 0.15) is 17.9 Å². The summed E-state index contributed by atoms with van der Waals surface area (Å²) >= 11 is 11.9. The van der Waals surface area contributed by atoms with E-state index in [2.05, 4.69) is 11.6 Å². The van der Waals surface area contributed by atoms with E-state index in [-0.39, 0.29) is 43.8 Å². The van der Waals surface area contributed by atoms with Crippen molar-refractivity contribution in [1.29, 1.82) is 0 Å². The lowest BCUT2D eigenvalue weighted by Crippen LogP contribution is -2.40. The Labute approximate surface area is 207 Å². The Kier molecular flexibility index (Phi) is 7.77. The number of halogens is 4. The zero-order chi connectivity index (χ0) is 26.1. The van der Waals surface area contributed by atoms with E-state index >= 15 is 0 Å². The molecule has 0 aliphatic carbocycles. The van der Waals surface area contributed by atoms with Crippen LogP contribution in [-0.4, -0.2) is 48.8 Å². The lowest BCUT2D eigenvalue weighted by Gasteiger charge is -2.16. The van der Waals surface area contributed by atoms with Gasteiger partial charge >= 0.3 is 6.10 Å². The summed E-state index contributed by atoms with van der Waals surface area (Å²) in [6.07, 6.45) is -0.753. The number of carbonyl (C=O) groups excluding carboxylic acids is 1. The van der Waals surface area contributed by atoms with E-state index < -0.39 is 17.5 Å². The molecule has 35 heavy (non-hydrogen) atoms. The van der Waals surface area contributed by atoms with Gasteiger partial charge in [-0.25, -0.2) is 18.3 Å². The molecule has 0 radical (unpaired) electrons. The zero-order valence-electron chi connectivity index (χ0n) is 18.0. The zero-order valence-corrected chi connectivity index (χ0v) is 19.5. The van der Waals surface area contributed by atoms with Gasteiger partial charge in [0.2, 0.25) is 5.91 Å². The Balaban J connectivity index is 0.000000196. The molecule has 3 aromatic rings. The SMILES string of the molecule is C=CC(=O)N1CCC(c2c(F)ccc(Cl)c2Cl)C1.Nc1cc2c(=O)n(C(O)(O)O)cnc2cc1F. The number of carbonyl (C=O) groups is 1. The third kappa shape index (κ3) is 5.60. The summed E-state index contributed by atoms with van der Waals surface area (Å²) in [5.74, 6) is -1.37. The van der Waals surface area contributed by atoms with Gasteiger partial charge in [-0.1, -0.05) is 29.8 Å². The molecule has 0 spiro atoms. The Morgan fingerprint density at radius 1 is 1.23 bits per heavy atom. The molecule has 1 amide bonds. The summed E-state index contributed by atoms with van der Waals surface area (Å²) < 4.78 is 27.1. The average molecular weight is 529 g/mol. The van der Waals surface area contributed by atoms with Gasteiger partial charge in [0.05, 0.1) is 26.6 Å². The smallest absolute Gasteiger partial charge is 0.377 e. The van der Waals surface area contributed by atoms with Gasteiger partial charge in [-0.3, -0.25) is 9.59 Å². The number of amides is 1. The van der Waals surface area contributed by atoms with Crippen LogP contribution in [0.25, 0.3) is 10.9 Å². The third-order valence-corrected chi connectivity index (χ3v) is 6.18.